The summed E-state index contributed by atoms with van der Waals surface area (Å²) in [6.07, 6.45) is 4.87. The molecule has 0 aromatic rings. The van der Waals surface area contributed by atoms with Crippen LogP contribution in [0.1, 0.15) is 53.4 Å². The van der Waals surface area contributed by atoms with Gasteiger partial charge in [0.2, 0.25) is 0 Å². The summed E-state index contributed by atoms with van der Waals surface area (Å²) in [6, 6.07) is -0.733. The molecule has 0 saturated heterocycles. The Hall–Kier alpha value is -1.52. The zero-order valence-electron chi connectivity index (χ0n) is 13.9. The van der Waals surface area contributed by atoms with Gasteiger partial charge in [-0.2, -0.15) is 0 Å². The van der Waals surface area contributed by atoms with Crippen LogP contribution in [0.4, 0.5) is 4.79 Å². The largest absolute Gasteiger partial charge is 0.467 e. The van der Waals surface area contributed by atoms with E-state index in [1.807, 2.05) is 33.8 Å². The minimum Gasteiger partial charge on any atom is -0.467 e. The van der Waals surface area contributed by atoms with E-state index in [-0.39, 0.29) is 6.10 Å². The van der Waals surface area contributed by atoms with E-state index < -0.39 is 23.5 Å². The normalized spacial score (nSPS) is 14.0. The van der Waals surface area contributed by atoms with Crippen LogP contribution in [-0.2, 0) is 14.3 Å². The second-order valence-electron chi connectivity index (χ2n) is 6.26. The first-order valence-corrected chi connectivity index (χ1v) is 7.38. The SMILES string of the molecule is C=CCCCCC(C)OC(=O)N[C@H](C(=O)OC)C(C)(C)C. The molecule has 122 valence electrons. The van der Waals surface area contributed by atoms with Crippen LogP contribution in [0.5, 0.6) is 0 Å². The van der Waals surface area contributed by atoms with Crippen LogP contribution in [0, 0.1) is 5.41 Å². The zero-order valence-corrected chi connectivity index (χ0v) is 13.9. The summed E-state index contributed by atoms with van der Waals surface area (Å²) >= 11 is 0. The van der Waals surface area contributed by atoms with Gasteiger partial charge in [-0.3, -0.25) is 0 Å². The highest BCUT2D eigenvalue weighted by Gasteiger charge is 2.34. The molecule has 21 heavy (non-hydrogen) atoms. The van der Waals surface area contributed by atoms with E-state index in [1.165, 1.54) is 7.11 Å². The number of esters is 1. The molecular weight excluding hydrogens is 270 g/mol. The molecule has 1 amide bonds. The number of alkyl carbamates (subject to hydrolysis) is 1. The highest BCUT2D eigenvalue weighted by atomic mass is 16.6. The molecule has 0 aromatic carbocycles. The predicted octanol–water partition coefficient (Wildman–Crippen LogP) is 3.44. The number of ether oxygens (including phenoxy) is 2. The lowest BCUT2D eigenvalue weighted by atomic mass is 9.87. The van der Waals surface area contributed by atoms with E-state index in [1.54, 1.807) is 0 Å². The standard InChI is InChI=1S/C16H29NO4/c1-7-8-9-10-11-12(2)21-15(19)17-13(14(18)20-6)16(3,4)5/h7,12-13H,1,8-11H2,2-6H3,(H,17,19)/t12?,13-/m1/s1. The van der Waals surface area contributed by atoms with E-state index >= 15 is 0 Å². The number of hydrogen-bond acceptors (Lipinski definition) is 4. The number of carbonyl (C=O) groups is 2. The van der Waals surface area contributed by atoms with Crippen molar-refractivity contribution in [3.63, 3.8) is 0 Å². The van der Waals surface area contributed by atoms with Crippen molar-refractivity contribution in [2.75, 3.05) is 7.11 Å². The van der Waals surface area contributed by atoms with Crippen molar-refractivity contribution in [2.45, 2.75) is 65.5 Å². The Morgan fingerprint density at radius 2 is 1.90 bits per heavy atom. The third-order valence-electron chi connectivity index (χ3n) is 3.14. The summed E-state index contributed by atoms with van der Waals surface area (Å²) in [6.45, 7) is 11.1. The number of hydrogen-bond donors (Lipinski definition) is 1. The Morgan fingerprint density at radius 1 is 1.29 bits per heavy atom. The molecule has 2 atom stereocenters. The number of nitrogens with one attached hydrogen (secondary N) is 1. The Labute approximate surface area is 128 Å². The lowest BCUT2D eigenvalue weighted by molar-refractivity contribution is -0.145. The van der Waals surface area contributed by atoms with Crippen molar-refractivity contribution < 1.29 is 19.1 Å². The highest BCUT2D eigenvalue weighted by Crippen LogP contribution is 2.20. The van der Waals surface area contributed by atoms with Gasteiger partial charge in [-0.1, -0.05) is 26.8 Å². The summed E-state index contributed by atoms with van der Waals surface area (Å²) in [5.41, 5.74) is -0.445. The second kappa shape index (κ2) is 9.42. The number of allylic oxidation sites excluding steroid dienone is 1. The minimum atomic E-state index is -0.733. The van der Waals surface area contributed by atoms with Gasteiger partial charge in [-0.15, -0.1) is 6.58 Å². The topological polar surface area (TPSA) is 64.6 Å². The maximum absolute atomic E-state index is 11.9. The van der Waals surface area contributed by atoms with E-state index in [4.69, 9.17) is 9.47 Å². The van der Waals surface area contributed by atoms with Crippen LogP contribution in [0.2, 0.25) is 0 Å². The van der Waals surface area contributed by atoms with Gasteiger partial charge in [0, 0.05) is 0 Å². The first-order valence-electron chi connectivity index (χ1n) is 7.38. The smallest absolute Gasteiger partial charge is 0.408 e. The average Bonchev–Trinajstić information content (AvgIpc) is 2.39. The highest BCUT2D eigenvalue weighted by molar-refractivity contribution is 5.82. The van der Waals surface area contributed by atoms with Crippen molar-refractivity contribution in [3.05, 3.63) is 12.7 Å². The number of carbonyl (C=O) groups excluding carboxylic acids is 2. The molecule has 0 aliphatic rings. The Balaban J connectivity index is 4.31. The summed E-state index contributed by atoms with van der Waals surface area (Å²) in [7, 11) is 1.30. The quantitative estimate of drug-likeness (QED) is 0.423. The first kappa shape index (κ1) is 19.5. The van der Waals surface area contributed by atoms with Crippen molar-refractivity contribution in [3.8, 4) is 0 Å². The van der Waals surface area contributed by atoms with Crippen molar-refractivity contribution in [1.29, 1.82) is 0 Å². The van der Waals surface area contributed by atoms with E-state index in [0.717, 1.165) is 25.7 Å². The maximum Gasteiger partial charge on any atom is 0.408 e. The number of methoxy groups -OCH3 is 1. The van der Waals surface area contributed by atoms with Crippen LogP contribution < -0.4 is 5.32 Å². The molecule has 1 N–H and O–H groups in total. The van der Waals surface area contributed by atoms with E-state index in [9.17, 15) is 9.59 Å². The average molecular weight is 299 g/mol. The molecule has 0 spiro atoms. The lowest BCUT2D eigenvalue weighted by Crippen LogP contribution is -2.50. The number of rotatable bonds is 8. The molecule has 5 nitrogen and oxygen atoms in total. The number of unbranched alkanes of at least 4 members (excludes halogenated alkanes) is 2. The molecule has 0 aliphatic heterocycles. The van der Waals surface area contributed by atoms with Crippen LogP contribution in [-0.4, -0.2) is 31.3 Å². The van der Waals surface area contributed by atoms with Gasteiger partial charge in [0.15, 0.2) is 0 Å². The molecule has 5 heteroatoms. The Bertz CT molecular complexity index is 347. The Morgan fingerprint density at radius 3 is 2.38 bits per heavy atom. The fourth-order valence-electron chi connectivity index (χ4n) is 1.86. The monoisotopic (exact) mass is 299 g/mol. The molecular formula is C16H29NO4. The third kappa shape index (κ3) is 8.38. The summed E-state index contributed by atoms with van der Waals surface area (Å²) in [4.78, 5) is 23.6. The van der Waals surface area contributed by atoms with Crippen molar-refractivity contribution >= 4 is 12.1 Å². The molecule has 0 bridgehead atoms. The zero-order chi connectivity index (χ0) is 16.5. The lowest BCUT2D eigenvalue weighted by Gasteiger charge is -2.29. The van der Waals surface area contributed by atoms with Gasteiger partial charge in [-0.25, -0.2) is 9.59 Å². The third-order valence-corrected chi connectivity index (χ3v) is 3.14. The molecule has 1 unspecified atom stereocenters. The van der Waals surface area contributed by atoms with Gasteiger partial charge >= 0.3 is 12.1 Å². The van der Waals surface area contributed by atoms with E-state index in [0.29, 0.717) is 0 Å². The number of amides is 1. The minimum absolute atomic E-state index is 0.187. The molecule has 0 fully saturated rings. The van der Waals surface area contributed by atoms with E-state index in [2.05, 4.69) is 11.9 Å². The fourth-order valence-corrected chi connectivity index (χ4v) is 1.86. The molecule has 0 radical (unpaired) electrons. The van der Waals surface area contributed by atoms with Gasteiger partial charge in [0.25, 0.3) is 0 Å². The molecule has 0 aliphatic carbocycles. The molecule has 0 heterocycles. The predicted molar refractivity (Wildman–Crippen MR) is 83.0 cm³/mol. The van der Waals surface area contributed by atoms with Crippen LogP contribution in [0.25, 0.3) is 0 Å². The second-order valence-corrected chi connectivity index (χ2v) is 6.26. The fraction of sp³-hybridized carbons (Fsp3) is 0.750. The van der Waals surface area contributed by atoms with Crippen molar-refractivity contribution in [2.24, 2.45) is 5.41 Å². The molecule has 0 saturated carbocycles. The van der Waals surface area contributed by atoms with Gasteiger partial charge < -0.3 is 14.8 Å². The van der Waals surface area contributed by atoms with Gasteiger partial charge in [0.05, 0.1) is 7.11 Å². The van der Waals surface area contributed by atoms with Crippen LogP contribution in [0.3, 0.4) is 0 Å². The van der Waals surface area contributed by atoms with Crippen LogP contribution >= 0.6 is 0 Å². The maximum atomic E-state index is 11.9. The first-order chi connectivity index (χ1) is 9.72. The summed E-state index contributed by atoms with van der Waals surface area (Å²) in [5, 5.41) is 2.59. The molecule has 0 aromatic heterocycles. The molecule has 0 rings (SSSR count). The van der Waals surface area contributed by atoms with Gasteiger partial charge in [0.1, 0.15) is 12.1 Å². The Kier molecular flexibility index (Phi) is 8.74. The van der Waals surface area contributed by atoms with Crippen LogP contribution in [0.15, 0.2) is 12.7 Å². The summed E-state index contributed by atoms with van der Waals surface area (Å²) in [5.74, 6) is -0.474. The van der Waals surface area contributed by atoms with Crippen molar-refractivity contribution in [1.82, 2.24) is 5.32 Å². The summed E-state index contributed by atoms with van der Waals surface area (Å²) < 4.78 is 9.99. The van der Waals surface area contributed by atoms with Gasteiger partial charge in [-0.05, 0) is 38.0 Å².